The number of hydrogen-bond donors (Lipinski definition) is 1. The van der Waals surface area contributed by atoms with Crippen LogP contribution >= 0.6 is 0 Å². The molecule has 0 aromatic heterocycles. The van der Waals surface area contributed by atoms with Gasteiger partial charge in [-0.05, 0) is 85.3 Å². The first kappa shape index (κ1) is 28.3. The van der Waals surface area contributed by atoms with Gasteiger partial charge in [-0.3, -0.25) is 9.69 Å². The number of nitrogens with one attached hydrogen (secondary N) is 1. The Morgan fingerprint density at radius 1 is 0.659 bits per heavy atom. The van der Waals surface area contributed by atoms with E-state index in [2.05, 4.69) is 5.32 Å². The standard InChI is InChI=1S/C37H30N2O5/c1-2-42-37(41)33-34(38-27-18-22-31(23-19-27)43-29-14-8-4-9-15-29)36(40)39(35(33)26-12-6-3-7-13-26)28-20-24-32(25-21-28)44-30-16-10-5-11-17-30/h3-25,35,38H,2H2,1H3. The Bertz CT molecular complexity index is 1750. The minimum atomic E-state index is -0.716. The van der Waals surface area contributed by atoms with E-state index in [1.54, 1.807) is 48.2 Å². The number of ether oxygens (including phenoxy) is 3. The molecule has 5 aromatic rings. The molecule has 1 aliphatic heterocycles. The second-order valence-electron chi connectivity index (χ2n) is 9.97. The van der Waals surface area contributed by atoms with E-state index in [1.165, 1.54) is 0 Å². The fraction of sp³-hybridized carbons (Fsp3) is 0.0811. The van der Waals surface area contributed by atoms with Gasteiger partial charge in [0.15, 0.2) is 0 Å². The van der Waals surface area contributed by atoms with Crippen molar-refractivity contribution in [2.45, 2.75) is 13.0 Å². The van der Waals surface area contributed by atoms with Crippen LogP contribution in [0.3, 0.4) is 0 Å². The highest BCUT2D eigenvalue weighted by molar-refractivity contribution is 6.18. The number of anilines is 2. The lowest BCUT2D eigenvalue weighted by atomic mass is 9.98. The highest BCUT2D eigenvalue weighted by Gasteiger charge is 2.45. The van der Waals surface area contributed by atoms with E-state index < -0.39 is 12.0 Å². The highest BCUT2D eigenvalue weighted by atomic mass is 16.5. The van der Waals surface area contributed by atoms with Crippen molar-refractivity contribution in [3.63, 3.8) is 0 Å². The van der Waals surface area contributed by atoms with Gasteiger partial charge in [0.25, 0.3) is 5.91 Å². The third kappa shape index (κ3) is 6.17. The lowest BCUT2D eigenvalue weighted by Crippen LogP contribution is -2.31. The quantitative estimate of drug-likeness (QED) is 0.167. The van der Waals surface area contributed by atoms with Gasteiger partial charge in [0.05, 0.1) is 18.2 Å². The Morgan fingerprint density at radius 3 is 1.66 bits per heavy atom. The SMILES string of the molecule is CCOC(=O)C1=C(Nc2ccc(Oc3ccccc3)cc2)C(=O)N(c2ccc(Oc3ccccc3)cc2)C1c1ccccc1. The zero-order chi connectivity index (χ0) is 30.3. The van der Waals surface area contributed by atoms with Gasteiger partial charge in [-0.25, -0.2) is 4.79 Å². The molecule has 1 unspecified atom stereocenters. The molecule has 7 heteroatoms. The molecule has 1 N–H and O–H groups in total. The summed E-state index contributed by atoms with van der Waals surface area (Å²) in [6.07, 6.45) is 0. The summed E-state index contributed by atoms with van der Waals surface area (Å²) in [6.45, 7) is 1.91. The van der Waals surface area contributed by atoms with Crippen LogP contribution in [0.2, 0.25) is 0 Å². The van der Waals surface area contributed by atoms with Crippen molar-refractivity contribution in [1.82, 2.24) is 0 Å². The molecule has 0 saturated heterocycles. The predicted molar refractivity (Wildman–Crippen MR) is 170 cm³/mol. The number of hydrogen-bond acceptors (Lipinski definition) is 6. The lowest BCUT2D eigenvalue weighted by Gasteiger charge is -2.27. The molecule has 7 nitrogen and oxygen atoms in total. The fourth-order valence-electron chi connectivity index (χ4n) is 5.05. The zero-order valence-corrected chi connectivity index (χ0v) is 24.1. The summed E-state index contributed by atoms with van der Waals surface area (Å²) in [5, 5.41) is 3.22. The number of rotatable bonds is 10. The molecule has 5 aromatic carbocycles. The highest BCUT2D eigenvalue weighted by Crippen LogP contribution is 2.42. The van der Waals surface area contributed by atoms with Crippen molar-refractivity contribution in [3.05, 3.63) is 156 Å². The smallest absolute Gasteiger partial charge is 0.338 e. The maximum Gasteiger partial charge on any atom is 0.338 e. The molecule has 0 bridgehead atoms. The van der Waals surface area contributed by atoms with Gasteiger partial charge in [0.2, 0.25) is 0 Å². The van der Waals surface area contributed by atoms with Crippen LogP contribution in [0, 0.1) is 0 Å². The molecule has 6 rings (SSSR count). The first-order chi connectivity index (χ1) is 21.6. The summed E-state index contributed by atoms with van der Waals surface area (Å²) in [5.74, 6) is 1.76. The number of esters is 1. The molecule has 0 aliphatic carbocycles. The number of carbonyl (C=O) groups is 2. The van der Waals surface area contributed by atoms with Crippen LogP contribution in [0.5, 0.6) is 23.0 Å². The topological polar surface area (TPSA) is 77.1 Å². The molecule has 0 fully saturated rings. The van der Waals surface area contributed by atoms with E-state index in [0.717, 1.165) is 5.56 Å². The molecule has 1 atom stereocenters. The summed E-state index contributed by atoms with van der Waals surface area (Å²) >= 11 is 0. The second kappa shape index (κ2) is 13.0. The number of amides is 1. The van der Waals surface area contributed by atoms with Crippen molar-refractivity contribution in [3.8, 4) is 23.0 Å². The molecule has 44 heavy (non-hydrogen) atoms. The van der Waals surface area contributed by atoms with Crippen LogP contribution < -0.4 is 19.7 Å². The Balaban J connectivity index is 1.34. The van der Waals surface area contributed by atoms with Gasteiger partial charge in [-0.2, -0.15) is 0 Å². The van der Waals surface area contributed by atoms with Crippen LogP contribution in [-0.4, -0.2) is 18.5 Å². The van der Waals surface area contributed by atoms with Gasteiger partial charge in [-0.15, -0.1) is 0 Å². The van der Waals surface area contributed by atoms with E-state index in [4.69, 9.17) is 14.2 Å². The van der Waals surface area contributed by atoms with E-state index in [1.807, 2.05) is 103 Å². The van der Waals surface area contributed by atoms with Crippen LogP contribution in [0.4, 0.5) is 11.4 Å². The van der Waals surface area contributed by atoms with E-state index in [0.29, 0.717) is 34.4 Å². The first-order valence-corrected chi connectivity index (χ1v) is 14.3. The molecule has 0 spiro atoms. The monoisotopic (exact) mass is 582 g/mol. The van der Waals surface area contributed by atoms with Crippen molar-refractivity contribution in [1.29, 1.82) is 0 Å². The lowest BCUT2D eigenvalue weighted by molar-refractivity contribution is -0.138. The van der Waals surface area contributed by atoms with Crippen molar-refractivity contribution in [2.75, 3.05) is 16.8 Å². The third-order valence-corrected chi connectivity index (χ3v) is 7.04. The van der Waals surface area contributed by atoms with Gasteiger partial charge in [0.1, 0.15) is 28.7 Å². The molecule has 0 saturated carbocycles. The maximum absolute atomic E-state index is 14.2. The number of nitrogens with zero attached hydrogens (tertiary/aromatic N) is 1. The number of benzene rings is 5. The summed E-state index contributed by atoms with van der Waals surface area (Å²) in [4.78, 5) is 29.4. The Hall–Kier alpha value is -5.82. The average Bonchev–Trinajstić information content (AvgIpc) is 3.35. The average molecular weight is 583 g/mol. The largest absolute Gasteiger partial charge is 0.463 e. The minimum absolute atomic E-state index is 0.152. The number of carbonyl (C=O) groups excluding carboxylic acids is 2. The summed E-state index contributed by atoms with van der Waals surface area (Å²) < 4.78 is 17.4. The molecular formula is C37H30N2O5. The predicted octanol–water partition coefficient (Wildman–Crippen LogP) is 8.29. The van der Waals surface area contributed by atoms with Crippen LogP contribution in [0.25, 0.3) is 0 Å². The normalized spacial score (nSPS) is 14.3. The zero-order valence-electron chi connectivity index (χ0n) is 24.1. The van der Waals surface area contributed by atoms with Gasteiger partial charge < -0.3 is 19.5 Å². The van der Waals surface area contributed by atoms with Crippen LogP contribution in [-0.2, 0) is 14.3 Å². The van der Waals surface area contributed by atoms with Crippen molar-refractivity contribution >= 4 is 23.3 Å². The summed E-state index contributed by atoms with van der Waals surface area (Å²) in [6, 6.07) is 42.1. The summed E-state index contributed by atoms with van der Waals surface area (Å²) in [7, 11) is 0. The van der Waals surface area contributed by atoms with E-state index in [-0.39, 0.29) is 23.8 Å². The molecule has 218 valence electrons. The van der Waals surface area contributed by atoms with Gasteiger partial charge in [0, 0.05) is 11.4 Å². The fourth-order valence-corrected chi connectivity index (χ4v) is 5.05. The van der Waals surface area contributed by atoms with E-state index in [9.17, 15) is 9.59 Å². The Kier molecular flexibility index (Phi) is 8.36. The maximum atomic E-state index is 14.2. The Labute approximate surface area is 255 Å². The molecule has 1 aliphatic rings. The van der Waals surface area contributed by atoms with E-state index >= 15 is 0 Å². The Morgan fingerprint density at radius 2 is 1.14 bits per heavy atom. The molecule has 0 radical (unpaired) electrons. The van der Waals surface area contributed by atoms with Crippen LogP contribution in [0.1, 0.15) is 18.5 Å². The van der Waals surface area contributed by atoms with Crippen molar-refractivity contribution in [2.24, 2.45) is 0 Å². The second-order valence-corrected chi connectivity index (χ2v) is 9.97. The molecule has 1 amide bonds. The molecular weight excluding hydrogens is 552 g/mol. The van der Waals surface area contributed by atoms with Gasteiger partial charge >= 0.3 is 5.97 Å². The summed E-state index contributed by atoms with van der Waals surface area (Å²) in [5.41, 5.74) is 2.39. The van der Waals surface area contributed by atoms with Crippen LogP contribution in [0.15, 0.2) is 151 Å². The third-order valence-electron chi connectivity index (χ3n) is 7.04. The number of para-hydroxylation sites is 2. The van der Waals surface area contributed by atoms with Gasteiger partial charge in [-0.1, -0.05) is 66.7 Å². The minimum Gasteiger partial charge on any atom is -0.463 e. The van der Waals surface area contributed by atoms with Crippen molar-refractivity contribution < 1.29 is 23.8 Å². The molecule has 1 heterocycles. The first-order valence-electron chi connectivity index (χ1n) is 14.3.